The molecule has 0 bridgehead atoms. The summed E-state index contributed by atoms with van der Waals surface area (Å²) in [4.78, 5) is 10.4. The van der Waals surface area contributed by atoms with E-state index in [1.54, 1.807) is 29.6 Å². The van der Waals surface area contributed by atoms with Crippen molar-refractivity contribution in [2.45, 2.75) is 83.5 Å². The van der Waals surface area contributed by atoms with Gasteiger partial charge in [0.1, 0.15) is 16.7 Å². The van der Waals surface area contributed by atoms with Gasteiger partial charge in [-0.3, -0.25) is 20.8 Å². The normalized spacial score (nSPS) is 14.4. The quantitative estimate of drug-likeness (QED) is 0.0409. The van der Waals surface area contributed by atoms with Crippen LogP contribution in [-0.4, -0.2) is 36.4 Å². The predicted octanol–water partition coefficient (Wildman–Crippen LogP) is 20.5. The van der Waals surface area contributed by atoms with Crippen LogP contribution in [0, 0.1) is 5.41 Å². The number of anilines is 1. The molecule has 8 nitrogen and oxygen atoms in total. The van der Waals surface area contributed by atoms with Gasteiger partial charge >= 0.3 is 0 Å². The zero-order valence-corrected chi connectivity index (χ0v) is 49.0. The highest BCUT2D eigenvalue weighted by atomic mass is 15.5. The number of hydrogen-bond donors (Lipinski definition) is 2. The number of benzene rings is 11. The van der Waals surface area contributed by atoms with Crippen molar-refractivity contribution >= 4 is 104 Å². The second-order valence-corrected chi connectivity index (χ2v) is 24.1. The molecule has 0 aliphatic heterocycles. The maximum Gasteiger partial charge on any atom is 0.122 e. The van der Waals surface area contributed by atoms with Crippen LogP contribution in [0.2, 0.25) is 0 Å². The first-order chi connectivity index (χ1) is 43.0. The lowest BCUT2D eigenvalue weighted by atomic mass is 9.69. The van der Waals surface area contributed by atoms with Gasteiger partial charge in [-0.2, -0.15) is 9.90 Å². The minimum atomic E-state index is -0.272. The molecule has 3 heterocycles. The van der Waals surface area contributed by atoms with Gasteiger partial charge in [-0.05, 0) is 158 Å². The summed E-state index contributed by atoms with van der Waals surface area (Å²) in [6.45, 7) is 4.62. The molecule has 0 amide bonds. The zero-order valence-electron chi connectivity index (χ0n) is 49.0. The summed E-state index contributed by atoms with van der Waals surface area (Å²) in [6, 6.07) is 66.8. The number of fused-ring (bicyclic) bond motifs is 4. The van der Waals surface area contributed by atoms with Gasteiger partial charge in [0.15, 0.2) is 0 Å². The van der Waals surface area contributed by atoms with Gasteiger partial charge in [-0.15, -0.1) is 10.2 Å². The fraction of sp³-hybridized carbons (Fsp3) is 0.165. The highest BCUT2D eigenvalue weighted by molar-refractivity contribution is 6.69. The topological polar surface area (TPSA) is 105 Å². The third-order valence-electron chi connectivity index (χ3n) is 19.1. The van der Waals surface area contributed by atoms with E-state index in [1.807, 2.05) is 24.3 Å². The fourth-order valence-electron chi connectivity index (χ4n) is 14.9. The van der Waals surface area contributed by atoms with E-state index in [4.69, 9.17) is 15.3 Å². The van der Waals surface area contributed by atoms with Gasteiger partial charge in [-0.25, -0.2) is 0 Å². The SMILES string of the molecule is CCCCCCC1(CCCCCC)c2cc(C3=CC=C(c4ccc5ccc6cccc7ccc4c5c67)C(=N)C3=NNc3ccncc3)ccc2-c2ccc(-c3ccc(-c4ccc5ccc6cccc7ccc4c5c67)c4nn(-c5ccncc5)nc34)cc21. The molecule has 2 aliphatic rings. The van der Waals surface area contributed by atoms with E-state index >= 15 is 0 Å². The Balaban J connectivity index is 0.858. The Bertz CT molecular complexity index is 5080. The van der Waals surface area contributed by atoms with Gasteiger partial charge in [0, 0.05) is 52.5 Å². The van der Waals surface area contributed by atoms with Crippen LogP contribution in [0.3, 0.4) is 0 Å². The Morgan fingerprint density at radius 1 is 0.437 bits per heavy atom. The third kappa shape index (κ3) is 8.63. The Morgan fingerprint density at radius 3 is 1.52 bits per heavy atom. The average Bonchev–Trinajstić information content (AvgIpc) is 2.16. The predicted molar refractivity (Wildman–Crippen MR) is 364 cm³/mol. The molecule has 8 heteroatoms. The van der Waals surface area contributed by atoms with E-state index in [9.17, 15) is 5.41 Å². The Hall–Kier alpha value is -10.2. The van der Waals surface area contributed by atoms with E-state index in [0.717, 1.165) is 98.0 Å². The maximum absolute atomic E-state index is 10.3. The van der Waals surface area contributed by atoms with Crippen molar-refractivity contribution in [3.05, 3.63) is 241 Å². The van der Waals surface area contributed by atoms with Crippen molar-refractivity contribution in [2.75, 3.05) is 5.43 Å². The van der Waals surface area contributed by atoms with Gasteiger partial charge in [0.05, 0.1) is 17.1 Å². The molecule has 3 aromatic heterocycles. The van der Waals surface area contributed by atoms with Crippen LogP contribution < -0.4 is 5.43 Å². The molecule has 16 rings (SSSR count). The number of unbranched alkanes of at least 4 members (excludes halogenated alkanes) is 6. The lowest BCUT2D eigenvalue weighted by molar-refractivity contribution is 0.401. The van der Waals surface area contributed by atoms with Crippen LogP contribution in [0.1, 0.15) is 100 Å². The largest absolute Gasteiger partial charge is 0.298 e. The summed E-state index contributed by atoms with van der Waals surface area (Å²) in [5, 5.41) is 41.0. The van der Waals surface area contributed by atoms with Gasteiger partial charge in [0.2, 0.25) is 0 Å². The minimum Gasteiger partial charge on any atom is -0.298 e. The molecule has 0 fully saturated rings. The molecule has 0 spiro atoms. The number of hydrogen-bond acceptors (Lipinski definition) is 7. The van der Waals surface area contributed by atoms with E-state index < -0.39 is 0 Å². The van der Waals surface area contributed by atoms with Crippen molar-refractivity contribution in [1.82, 2.24) is 25.0 Å². The number of rotatable bonds is 17. The molecule has 2 N–H and O–H groups in total. The molecule has 0 atom stereocenters. The molecule has 0 saturated heterocycles. The number of aromatic nitrogens is 5. The summed E-state index contributed by atoms with van der Waals surface area (Å²) < 4.78 is 0. The molecule has 0 radical (unpaired) electrons. The zero-order chi connectivity index (χ0) is 58.2. The van der Waals surface area contributed by atoms with Crippen LogP contribution in [0.4, 0.5) is 5.69 Å². The molecular weight excluding hydrogens is 1060 g/mol. The second-order valence-electron chi connectivity index (χ2n) is 24.1. The Morgan fingerprint density at radius 2 is 0.908 bits per heavy atom. The van der Waals surface area contributed by atoms with Crippen molar-refractivity contribution in [2.24, 2.45) is 5.10 Å². The number of pyridine rings is 2. The monoisotopic (exact) mass is 1120 g/mol. The maximum atomic E-state index is 10.3. The first-order valence-electron chi connectivity index (χ1n) is 31.2. The first-order valence-corrected chi connectivity index (χ1v) is 31.2. The van der Waals surface area contributed by atoms with Crippen LogP contribution in [-0.2, 0) is 5.41 Å². The summed E-state index contributed by atoms with van der Waals surface area (Å²) in [6.07, 6.45) is 22.9. The molecule has 87 heavy (non-hydrogen) atoms. The molecule has 0 saturated carbocycles. The standard InChI is InChI=1S/C79H64N8/c1-3-5-7-9-41-79(42-10-8-6-4-2)69-47-55(59-33-35-67(75(80)76(59)84-83-57-37-43-81-44-38-57)61-27-21-53-19-17-49-13-11-15-51-23-31-65(61)73(53)71(49)51)25-29-63(69)64-30-26-56(48-70(64)79)60-34-36-68(78-77(60)85-87(86-78)58-39-45-82-46-40-58)62-28-22-54-20-18-50-14-12-16-52-24-32-66(62)74(54)72(50)52/h11-40,43-48,80H,3-10,41-42H2,1-2H3,(H,81,83). The minimum absolute atomic E-state index is 0.272. The highest BCUT2D eigenvalue weighted by Crippen LogP contribution is 2.56. The smallest absolute Gasteiger partial charge is 0.122 e. The number of hydrazone groups is 1. The molecule has 14 aromatic rings. The summed E-state index contributed by atoms with van der Waals surface area (Å²) in [5.41, 5.74) is 21.0. The van der Waals surface area contributed by atoms with E-state index in [0.29, 0.717) is 11.4 Å². The second kappa shape index (κ2) is 21.4. The van der Waals surface area contributed by atoms with Crippen molar-refractivity contribution in [1.29, 1.82) is 5.41 Å². The third-order valence-corrected chi connectivity index (χ3v) is 19.1. The fourth-order valence-corrected chi connectivity index (χ4v) is 14.9. The van der Waals surface area contributed by atoms with Crippen molar-refractivity contribution in [3.8, 4) is 39.1 Å². The van der Waals surface area contributed by atoms with E-state index in [2.05, 4.69) is 199 Å². The molecule has 11 aromatic carbocycles. The number of allylic oxidation sites excluding steroid dienone is 4. The van der Waals surface area contributed by atoms with E-state index in [1.165, 1.54) is 120 Å². The van der Waals surface area contributed by atoms with Gasteiger partial charge < -0.3 is 0 Å². The Labute approximate surface area is 505 Å². The highest BCUT2D eigenvalue weighted by Gasteiger charge is 2.43. The van der Waals surface area contributed by atoms with Gasteiger partial charge in [-0.1, -0.05) is 223 Å². The van der Waals surface area contributed by atoms with Crippen LogP contribution in [0.15, 0.2) is 224 Å². The Kier molecular flexibility index (Phi) is 12.9. The summed E-state index contributed by atoms with van der Waals surface area (Å²) in [7, 11) is 0. The van der Waals surface area contributed by atoms with Crippen molar-refractivity contribution < 1.29 is 0 Å². The summed E-state index contributed by atoms with van der Waals surface area (Å²) in [5.74, 6) is 0. The number of nitrogens with zero attached hydrogens (tertiary/aromatic N) is 6. The number of nitrogens with one attached hydrogen (secondary N) is 2. The van der Waals surface area contributed by atoms with Gasteiger partial charge in [0.25, 0.3) is 0 Å². The molecule has 2 aliphatic carbocycles. The molecular formula is C79H64N8. The lowest BCUT2D eigenvalue weighted by Gasteiger charge is -2.33. The molecule has 420 valence electrons. The van der Waals surface area contributed by atoms with E-state index in [-0.39, 0.29) is 5.41 Å². The molecule has 0 unspecified atom stereocenters. The van der Waals surface area contributed by atoms with Crippen molar-refractivity contribution in [3.63, 3.8) is 0 Å². The van der Waals surface area contributed by atoms with Crippen LogP contribution in [0.25, 0.3) is 126 Å². The summed E-state index contributed by atoms with van der Waals surface area (Å²) >= 11 is 0. The average molecular weight is 1130 g/mol. The lowest BCUT2D eigenvalue weighted by Crippen LogP contribution is -2.26. The van der Waals surface area contributed by atoms with Crippen LogP contribution >= 0.6 is 0 Å². The first kappa shape index (κ1) is 52.4. The van der Waals surface area contributed by atoms with Crippen LogP contribution in [0.5, 0.6) is 0 Å².